The molecule has 2 aliphatic heterocycles. The van der Waals surface area contributed by atoms with E-state index in [9.17, 15) is 9.59 Å². The first-order chi connectivity index (χ1) is 13.6. The van der Waals surface area contributed by atoms with Crippen molar-refractivity contribution in [2.45, 2.75) is 6.42 Å². The smallest absolute Gasteiger partial charge is 0.304 e. The van der Waals surface area contributed by atoms with E-state index in [1.807, 2.05) is 36.4 Å². The molecule has 2 aliphatic rings. The molecule has 4 rings (SSSR count). The molecule has 0 saturated carbocycles. The van der Waals surface area contributed by atoms with Crippen LogP contribution >= 0.6 is 11.8 Å². The third kappa shape index (κ3) is 3.72. The number of carboxylic acids is 1. The van der Waals surface area contributed by atoms with Gasteiger partial charge in [0, 0.05) is 5.75 Å². The number of aliphatic imine (C=N–C) groups is 1. The number of hydrogen-bond acceptors (Lipinski definition) is 6. The van der Waals surface area contributed by atoms with Crippen LogP contribution in [-0.4, -0.2) is 34.7 Å². The number of nitrogens with zero attached hydrogens (tertiary/aromatic N) is 2. The standard InChI is InChI=1S/C20H16N2O5S/c23-18(24)8-9-28-20-21-15(19(25)22(20)14-4-2-1-3-5-14)10-13-6-7-16-17(11-13)27-12-26-16/h1-7,10-11H,8-9,12H2,(H,23,24)/b15-10-. The van der Waals surface area contributed by atoms with E-state index < -0.39 is 5.97 Å². The van der Waals surface area contributed by atoms with Gasteiger partial charge in [-0.1, -0.05) is 36.0 Å². The van der Waals surface area contributed by atoms with Crippen molar-refractivity contribution < 1.29 is 24.2 Å². The molecule has 7 nitrogen and oxygen atoms in total. The molecule has 2 heterocycles. The Kier molecular flexibility index (Phi) is 5.03. The molecule has 1 amide bonds. The summed E-state index contributed by atoms with van der Waals surface area (Å²) in [5, 5.41) is 9.34. The van der Waals surface area contributed by atoms with E-state index in [4.69, 9.17) is 14.6 Å². The minimum atomic E-state index is -0.889. The van der Waals surface area contributed by atoms with Crippen LogP contribution in [0.25, 0.3) is 6.08 Å². The quantitative estimate of drug-likeness (QED) is 0.780. The zero-order valence-electron chi connectivity index (χ0n) is 14.7. The van der Waals surface area contributed by atoms with Gasteiger partial charge < -0.3 is 14.6 Å². The number of hydrogen-bond donors (Lipinski definition) is 1. The van der Waals surface area contributed by atoms with Gasteiger partial charge in [0.25, 0.3) is 5.91 Å². The van der Waals surface area contributed by atoms with Gasteiger partial charge >= 0.3 is 5.97 Å². The molecule has 0 aliphatic carbocycles. The summed E-state index contributed by atoms with van der Waals surface area (Å²) in [6.07, 6.45) is 1.67. The molecule has 0 fully saturated rings. The van der Waals surface area contributed by atoms with Crippen molar-refractivity contribution in [2.75, 3.05) is 17.4 Å². The molecule has 142 valence electrons. The van der Waals surface area contributed by atoms with Gasteiger partial charge in [-0.2, -0.15) is 0 Å². The van der Waals surface area contributed by atoms with Gasteiger partial charge in [0.05, 0.1) is 12.1 Å². The van der Waals surface area contributed by atoms with Crippen molar-refractivity contribution in [3.05, 3.63) is 59.8 Å². The van der Waals surface area contributed by atoms with Gasteiger partial charge in [0.15, 0.2) is 16.7 Å². The van der Waals surface area contributed by atoms with Crippen LogP contribution < -0.4 is 14.4 Å². The van der Waals surface area contributed by atoms with Crippen LogP contribution in [0.3, 0.4) is 0 Å². The Balaban J connectivity index is 1.64. The number of thioether (sulfide) groups is 1. The first kappa shape index (κ1) is 18.1. The zero-order chi connectivity index (χ0) is 19.5. The minimum Gasteiger partial charge on any atom is -0.481 e. The van der Waals surface area contributed by atoms with Crippen molar-refractivity contribution in [1.29, 1.82) is 0 Å². The Morgan fingerprint density at radius 1 is 1.18 bits per heavy atom. The molecule has 0 aromatic heterocycles. The molecule has 0 bridgehead atoms. The van der Waals surface area contributed by atoms with E-state index in [-0.39, 0.29) is 24.8 Å². The second kappa shape index (κ2) is 7.77. The van der Waals surface area contributed by atoms with E-state index in [1.165, 1.54) is 16.7 Å². The van der Waals surface area contributed by atoms with Gasteiger partial charge in [-0.25, -0.2) is 4.99 Å². The second-order valence-electron chi connectivity index (χ2n) is 6.00. The van der Waals surface area contributed by atoms with Crippen LogP contribution in [0.5, 0.6) is 11.5 Å². The summed E-state index contributed by atoms with van der Waals surface area (Å²) in [5.41, 5.74) is 1.73. The lowest BCUT2D eigenvalue weighted by molar-refractivity contribution is -0.136. The van der Waals surface area contributed by atoms with E-state index in [0.29, 0.717) is 28.1 Å². The Morgan fingerprint density at radius 2 is 1.96 bits per heavy atom. The highest BCUT2D eigenvalue weighted by molar-refractivity contribution is 8.14. The number of amides is 1. The number of rotatable bonds is 5. The van der Waals surface area contributed by atoms with Crippen LogP contribution in [0, 0.1) is 0 Å². The average Bonchev–Trinajstić information content (AvgIpc) is 3.27. The van der Waals surface area contributed by atoms with Crippen molar-refractivity contribution in [2.24, 2.45) is 4.99 Å². The number of carbonyl (C=O) groups excluding carboxylic acids is 1. The fraction of sp³-hybridized carbons (Fsp3) is 0.150. The Bertz CT molecular complexity index is 987. The molecule has 0 saturated heterocycles. The normalized spacial score (nSPS) is 16.6. The second-order valence-corrected chi connectivity index (χ2v) is 7.07. The molecular weight excluding hydrogens is 380 g/mol. The number of para-hydroxylation sites is 1. The largest absolute Gasteiger partial charge is 0.481 e. The molecular formula is C20H16N2O5S. The van der Waals surface area contributed by atoms with E-state index >= 15 is 0 Å². The molecule has 8 heteroatoms. The highest BCUT2D eigenvalue weighted by atomic mass is 32.2. The zero-order valence-corrected chi connectivity index (χ0v) is 15.5. The van der Waals surface area contributed by atoms with E-state index in [1.54, 1.807) is 18.2 Å². The first-order valence-corrected chi connectivity index (χ1v) is 9.54. The summed E-state index contributed by atoms with van der Waals surface area (Å²) in [4.78, 5) is 29.8. The lowest BCUT2D eigenvalue weighted by atomic mass is 10.1. The highest BCUT2D eigenvalue weighted by Gasteiger charge is 2.32. The topological polar surface area (TPSA) is 88.4 Å². The maximum Gasteiger partial charge on any atom is 0.304 e. The van der Waals surface area contributed by atoms with E-state index in [0.717, 1.165) is 5.56 Å². The van der Waals surface area contributed by atoms with Crippen LogP contribution in [0.4, 0.5) is 5.69 Å². The molecule has 2 aromatic carbocycles. The van der Waals surface area contributed by atoms with Crippen molar-refractivity contribution in [3.63, 3.8) is 0 Å². The number of benzene rings is 2. The van der Waals surface area contributed by atoms with Crippen LogP contribution in [0.2, 0.25) is 0 Å². The summed E-state index contributed by atoms with van der Waals surface area (Å²) in [6.45, 7) is 0.179. The summed E-state index contributed by atoms with van der Waals surface area (Å²) in [6, 6.07) is 14.6. The number of carbonyl (C=O) groups is 2. The van der Waals surface area contributed by atoms with Gasteiger partial charge in [-0.3, -0.25) is 14.5 Å². The summed E-state index contributed by atoms with van der Waals surface area (Å²) < 4.78 is 10.7. The number of ether oxygens (including phenoxy) is 2. The average molecular weight is 396 g/mol. The maximum atomic E-state index is 13.0. The summed E-state index contributed by atoms with van der Waals surface area (Å²) >= 11 is 1.24. The van der Waals surface area contributed by atoms with Crippen LogP contribution in [0.1, 0.15) is 12.0 Å². The number of amidine groups is 1. The summed E-state index contributed by atoms with van der Waals surface area (Å²) in [7, 11) is 0. The fourth-order valence-corrected chi connectivity index (χ4v) is 3.73. The third-order valence-corrected chi connectivity index (χ3v) is 5.03. The third-order valence-electron chi connectivity index (χ3n) is 4.09. The molecule has 0 radical (unpaired) electrons. The first-order valence-electron chi connectivity index (χ1n) is 8.56. The lowest BCUT2D eigenvalue weighted by Crippen LogP contribution is -2.30. The highest BCUT2D eigenvalue weighted by Crippen LogP contribution is 2.34. The Morgan fingerprint density at radius 3 is 2.75 bits per heavy atom. The van der Waals surface area contributed by atoms with Gasteiger partial charge in [-0.05, 0) is 35.9 Å². The molecule has 28 heavy (non-hydrogen) atoms. The van der Waals surface area contributed by atoms with Crippen molar-refractivity contribution in [1.82, 2.24) is 0 Å². The molecule has 1 N–H and O–H groups in total. The van der Waals surface area contributed by atoms with Gasteiger partial charge in [0.1, 0.15) is 5.70 Å². The van der Waals surface area contributed by atoms with Crippen molar-refractivity contribution >= 4 is 40.6 Å². The van der Waals surface area contributed by atoms with Crippen LogP contribution in [0.15, 0.2) is 59.2 Å². The number of carboxylic acid groups (broad SMARTS) is 1. The van der Waals surface area contributed by atoms with E-state index in [2.05, 4.69) is 4.99 Å². The molecule has 2 aromatic rings. The maximum absolute atomic E-state index is 13.0. The predicted molar refractivity (Wildman–Crippen MR) is 107 cm³/mol. The summed E-state index contributed by atoms with van der Waals surface area (Å²) in [5.74, 6) is 0.461. The minimum absolute atomic E-state index is 0.0122. The van der Waals surface area contributed by atoms with Crippen molar-refractivity contribution in [3.8, 4) is 11.5 Å². The monoisotopic (exact) mass is 396 g/mol. The number of aliphatic carboxylic acids is 1. The lowest BCUT2D eigenvalue weighted by Gasteiger charge is -2.17. The molecule has 0 spiro atoms. The Hall–Kier alpha value is -3.26. The number of fused-ring (bicyclic) bond motifs is 1. The predicted octanol–water partition coefficient (Wildman–Crippen LogP) is 3.37. The number of anilines is 1. The van der Waals surface area contributed by atoms with Gasteiger partial charge in [0.2, 0.25) is 6.79 Å². The van der Waals surface area contributed by atoms with Crippen LogP contribution in [-0.2, 0) is 9.59 Å². The fourth-order valence-electron chi connectivity index (χ4n) is 2.79. The molecule has 0 unspecified atom stereocenters. The Labute approximate surface area is 165 Å². The van der Waals surface area contributed by atoms with Gasteiger partial charge in [-0.15, -0.1) is 0 Å². The molecule has 0 atom stereocenters. The SMILES string of the molecule is O=C(O)CCSC1=N/C(=C\c2ccc3c(c2)OCO3)C(=O)N1c1ccccc1.